The lowest BCUT2D eigenvalue weighted by Crippen LogP contribution is -2.69. The van der Waals surface area contributed by atoms with Gasteiger partial charge in [0, 0.05) is 32.4 Å². The molecular weight excluding hydrogens is 487 g/mol. The van der Waals surface area contributed by atoms with Crippen molar-refractivity contribution in [3.8, 4) is 0 Å². The van der Waals surface area contributed by atoms with E-state index in [2.05, 4.69) is 10.1 Å². The zero-order chi connectivity index (χ0) is 27.7. The number of halogens is 1. The van der Waals surface area contributed by atoms with Crippen LogP contribution in [0.3, 0.4) is 0 Å². The summed E-state index contributed by atoms with van der Waals surface area (Å²) >= 11 is 0. The number of carbonyl (C=O) groups is 3. The van der Waals surface area contributed by atoms with Crippen molar-refractivity contribution < 1.29 is 18.8 Å². The van der Waals surface area contributed by atoms with Crippen LogP contribution in [0.1, 0.15) is 48.1 Å². The van der Waals surface area contributed by atoms with Gasteiger partial charge in [-0.2, -0.15) is 5.10 Å². The predicted octanol–water partition coefficient (Wildman–Crippen LogP) is 3.30. The number of nitrogens with zero attached hydrogens (tertiary/aromatic N) is 5. The Morgan fingerprint density at radius 1 is 1.24 bits per heavy atom. The molecule has 1 saturated heterocycles. The van der Waals surface area contributed by atoms with Crippen molar-refractivity contribution in [3.05, 3.63) is 70.9 Å². The van der Waals surface area contributed by atoms with Gasteiger partial charge in [0.25, 0.3) is 5.91 Å². The van der Waals surface area contributed by atoms with Gasteiger partial charge in [0.1, 0.15) is 17.7 Å². The summed E-state index contributed by atoms with van der Waals surface area (Å²) in [5, 5.41) is 4.12. The highest BCUT2D eigenvalue weighted by atomic mass is 19.1. The largest absolute Gasteiger partial charge is 0.384 e. The van der Waals surface area contributed by atoms with Gasteiger partial charge in [-0.25, -0.2) is 9.37 Å². The number of likely N-dealkylation sites (tertiary alicyclic amines) is 1. The number of pyridine rings is 1. The fourth-order valence-corrected chi connectivity index (χ4v) is 5.12. The third-order valence-electron chi connectivity index (χ3n) is 7.21. The van der Waals surface area contributed by atoms with Crippen LogP contribution < -0.4 is 10.6 Å². The molecule has 3 amide bonds. The molecule has 3 aromatic rings. The third-order valence-corrected chi connectivity index (χ3v) is 7.21. The smallest absolute Gasteiger partial charge is 0.250 e. The van der Waals surface area contributed by atoms with Gasteiger partial charge in [0.05, 0.1) is 17.8 Å². The second-order valence-electron chi connectivity index (χ2n) is 9.96. The van der Waals surface area contributed by atoms with Crippen LogP contribution in [0.5, 0.6) is 0 Å². The van der Waals surface area contributed by atoms with E-state index < -0.39 is 35.6 Å². The summed E-state index contributed by atoms with van der Waals surface area (Å²) in [6.45, 7) is 5.34. The van der Waals surface area contributed by atoms with E-state index in [0.717, 1.165) is 10.5 Å². The maximum atomic E-state index is 14.9. The molecule has 9 nitrogen and oxygen atoms in total. The molecule has 0 unspecified atom stereocenters. The van der Waals surface area contributed by atoms with E-state index in [4.69, 9.17) is 5.73 Å². The van der Waals surface area contributed by atoms with Gasteiger partial charge < -0.3 is 10.6 Å². The molecule has 1 aliphatic heterocycles. The minimum absolute atomic E-state index is 0.0863. The highest BCUT2D eigenvalue weighted by Crippen LogP contribution is 2.36. The zero-order valence-corrected chi connectivity index (χ0v) is 22.3. The van der Waals surface area contributed by atoms with Gasteiger partial charge in [0.15, 0.2) is 0 Å². The Kier molecular flexibility index (Phi) is 7.61. The Hall–Kier alpha value is -4.08. The monoisotopic (exact) mass is 520 g/mol. The third kappa shape index (κ3) is 5.16. The highest BCUT2D eigenvalue weighted by Gasteiger charge is 2.55. The summed E-state index contributed by atoms with van der Waals surface area (Å²) in [5.74, 6) is -2.53. The number of benzene rings is 1. The van der Waals surface area contributed by atoms with Crippen LogP contribution in [0, 0.1) is 25.6 Å². The highest BCUT2D eigenvalue weighted by molar-refractivity contribution is 6.12. The van der Waals surface area contributed by atoms with Gasteiger partial charge in [-0.15, -0.1) is 0 Å². The molecule has 3 heterocycles. The van der Waals surface area contributed by atoms with E-state index in [9.17, 15) is 18.8 Å². The Morgan fingerprint density at radius 2 is 1.97 bits per heavy atom. The van der Waals surface area contributed by atoms with E-state index in [0.29, 0.717) is 34.7 Å². The quantitative estimate of drug-likeness (QED) is 0.456. The zero-order valence-electron chi connectivity index (χ0n) is 22.3. The summed E-state index contributed by atoms with van der Waals surface area (Å²) in [7, 11) is 3.33. The second-order valence-corrected chi connectivity index (χ2v) is 9.96. The lowest BCUT2D eigenvalue weighted by Gasteiger charge is -2.46. The standard InChI is InChI=1S/C28H33FN6O3/c1-6-19(21-9-7-8-16(2)25(21)29)13-24(36)35-26(28(38)34(5)20-14-31-33(4)15-20)22(27(35)37)11-18-10-17(3)32-23(30)12-18/h7-10,12,14-15,19,22,26H,6,11,13H2,1-5H3,(H2,30,32)/t19-,22+,26-/m0/s1. The SMILES string of the molecule is CC[C@@H](CC(=O)N1C(=O)[C@H](Cc2cc(C)nc(N)c2)[C@H]1C(=O)N(C)c1cnn(C)c1)c1cccc(C)c1F. The molecule has 4 rings (SSSR count). The Labute approximate surface area is 221 Å². The Bertz CT molecular complexity index is 1370. The number of imide groups is 1. The molecule has 38 heavy (non-hydrogen) atoms. The maximum absolute atomic E-state index is 14.9. The second kappa shape index (κ2) is 10.7. The number of amides is 3. The molecule has 0 aliphatic carbocycles. The fraction of sp³-hybridized carbons (Fsp3) is 0.393. The van der Waals surface area contributed by atoms with E-state index in [1.807, 2.05) is 13.0 Å². The molecule has 1 aliphatic rings. The Morgan fingerprint density at radius 3 is 2.61 bits per heavy atom. The van der Waals surface area contributed by atoms with Crippen LogP contribution >= 0.6 is 0 Å². The first-order valence-electron chi connectivity index (χ1n) is 12.6. The van der Waals surface area contributed by atoms with Gasteiger partial charge >= 0.3 is 0 Å². The number of rotatable bonds is 8. The molecule has 10 heteroatoms. The van der Waals surface area contributed by atoms with E-state index >= 15 is 0 Å². The van der Waals surface area contributed by atoms with Gasteiger partial charge in [-0.1, -0.05) is 25.1 Å². The minimum Gasteiger partial charge on any atom is -0.384 e. The fourth-order valence-electron chi connectivity index (χ4n) is 5.12. The summed E-state index contributed by atoms with van der Waals surface area (Å²) in [6, 6.07) is 7.57. The van der Waals surface area contributed by atoms with Gasteiger partial charge in [-0.3, -0.25) is 24.0 Å². The summed E-state index contributed by atoms with van der Waals surface area (Å²) < 4.78 is 16.4. The van der Waals surface area contributed by atoms with Crippen molar-refractivity contribution in [1.82, 2.24) is 19.7 Å². The van der Waals surface area contributed by atoms with Crippen molar-refractivity contribution >= 4 is 29.2 Å². The van der Waals surface area contributed by atoms with Crippen molar-refractivity contribution in [2.24, 2.45) is 13.0 Å². The number of nitrogen functional groups attached to an aromatic ring is 1. The summed E-state index contributed by atoms with van der Waals surface area (Å²) in [4.78, 5) is 47.2. The number of carbonyl (C=O) groups excluding carboxylic acids is 3. The Balaban J connectivity index is 1.63. The minimum atomic E-state index is -1.00. The number of aryl methyl sites for hydroxylation is 3. The first kappa shape index (κ1) is 27.0. The molecular formula is C28H33FN6O3. The van der Waals surface area contributed by atoms with Crippen LogP contribution in [-0.4, -0.2) is 50.5 Å². The van der Waals surface area contributed by atoms with Crippen LogP contribution in [0.15, 0.2) is 42.7 Å². The summed E-state index contributed by atoms with van der Waals surface area (Å²) in [5.41, 5.74) is 8.82. The van der Waals surface area contributed by atoms with Crippen molar-refractivity contribution in [3.63, 3.8) is 0 Å². The van der Waals surface area contributed by atoms with Crippen molar-refractivity contribution in [1.29, 1.82) is 0 Å². The maximum Gasteiger partial charge on any atom is 0.250 e. The number of hydrogen-bond donors (Lipinski definition) is 1. The average molecular weight is 521 g/mol. The van der Waals surface area contributed by atoms with Crippen molar-refractivity contribution in [2.45, 2.75) is 52.0 Å². The molecule has 0 spiro atoms. The topological polar surface area (TPSA) is 114 Å². The normalized spacial score (nSPS) is 17.7. The van der Waals surface area contributed by atoms with E-state index in [-0.39, 0.29) is 18.7 Å². The molecule has 2 N–H and O–H groups in total. The van der Waals surface area contributed by atoms with Crippen LogP contribution in [0.4, 0.5) is 15.9 Å². The summed E-state index contributed by atoms with van der Waals surface area (Å²) in [6.07, 6.45) is 3.87. The first-order valence-corrected chi connectivity index (χ1v) is 12.6. The van der Waals surface area contributed by atoms with Gasteiger partial charge in [-0.05, 0) is 61.4 Å². The molecule has 0 saturated carbocycles. The van der Waals surface area contributed by atoms with Crippen LogP contribution in [-0.2, 0) is 27.9 Å². The first-order chi connectivity index (χ1) is 18.0. The molecule has 2 aromatic heterocycles. The molecule has 1 aromatic carbocycles. The molecule has 0 radical (unpaired) electrons. The van der Waals surface area contributed by atoms with Crippen molar-refractivity contribution in [2.75, 3.05) is 17.7 Å². The predicted molar refractivity (Wildman–Crippen MR) is 142 cm³/mol. The van der Waals surface area contributed by atoms with Crippen LogP contribution in [0.25, 0.3) is 0 Å². The number of nitrogens with two attached hydrogens (primary N) is 1. The number of hydrogen-bond acceptors (Lipinski definition) is 6. The van der Waals surface area contributed by atoms with Crippen LogP contribution in [0.2, 0.25) is 0 Å². The van der Waals surface area contributed by atoms with E-state index in [1.165, 1.54) is 4.90 Å². The number of likely N-dealkylation sites (N-methyl/N-ethyl adjacent to an activating group) is 1. The molecule has 1 fully saturated rings. The lowest BCUT2D eigenvalue weighted by atomic mass is 9.80. The number of aromatic nitrogens is 3. The average Bonchev–Trinajstić information content (AvgIpc) is 3.30. The molecule has 3 atom stereocenters. The molecule has 0 bridgehead atoms. The number of β-lactam (4-membered cyclic amide) rings is 1. The van der Waals surface area contributed by atoms with Gasteiger partial charge in [0.2, 0.25) is 11.8 Å². The molecule has 200 valence electrons. The number of anilines is 2. The van der Waals surface area contributed by atoms with E-state index in [1.54, 1.807) is 69.3 Å². The lowest BCUT2D eigenvalue weighted by molar-refractivity contribution is -0.170.